The molecular formula is C18H19N3OS. The number of hydrogen-bond acceptors (Lipinski definition) is 3. The normalized spacial score (nSPS) is 19.3. The molecule has 0 bridgehead atoms. The molecule has 0 unspecified atom stereocenters. The number of aromatic nitrogens is 2. The average Bonchev–Trinajstić information content (AvgIpc) is 3.31. The molecule has 1 aliphatic heterocycles. The Balaban J connectivity index is 1.63. The van der Waals surface area contributed by atoms with Crippen molar-refractivity contribution in [3.63, 3.8) is 0 Å². The van der Waals surface area contributed by atoms with E-state index in [2.05, 4.69) is 21.8 Å². The van der Waals surface area contributed by atoms with E-state index in [1.54, 1.807) is 17.7 Å². The van der Waals surface area contributed by atoms with Gasteiger partial charge in [0.25, 0.3) is 0 Å². The summed E-state index contributed by atoms with van der Waals surface area (Å²) in [6, 6.07) is 10.1. The maximum atomic E-state index is 13.1. The minimum Gasteiger partial charge on any atom is -0.334 e. The minimum atomic E-state index is -0.235. The monoisotopic (exact) mass is 325 g/mol. The fourth-order valence-corrected chi connectivity index (χ4v) is 4.19. The summed E-state index contributed by atoms with van der Waals surface area (Å²) >= 11 is 1.70. The first-order chi connectivity index (χ1) is 11.3. The number of fused-ring (bicyclic) bond motifs is 1. The quantitative estimate of drug-likeness (QED) is 0.729. The van der Waals surface area contributed by atoms with Gasteiger partial charge in [-0.15, -0.1) is 0 Å². The van der Waals surface area contributed by atoms with Gasteiger partial charge in [0.1, 0.15) is 6.04 Å². The molecule has 1 saturated heterocycles. The summed E-state index contributed by atoms with van der Waals surface area (Å²) in [6.45, 7) is 2.82. The Morgan fingerprint density at radius 1 is 1.35 bits per heavy atom. The van der Waals surface area contributed by atoms with Gasteiger partial charge in [0.15, 0.2) is 0 Å². The molecule has 1 fully saturated rings. The van der Waals surface area contributed by atoms with Crippen LogP contribution in [-0.4, -0.2) is 26.9 Å². The number of thiophene rings is 1. The fraction of sp³-hybridized carbons (Fsp3) is 0.333. The maximum absolute atomic E-state index is 13.1. The maximum Gasteiger partial charge on any atom is 0.245 e. The van der Waals surface area contributed by atoms with E-state index >= 15 is 0 Å². The number of carbonyl (C=O) groups is 1. The molecule has 0 saturated carbocycles. The Morgan fingerprint density at radius 3 is 3.04 bits per heavy atom. The Hall–Kier alpha value is -2.14. The first kappa shape index (κ1) is 14.5. The van der Waals surface area contributed by atoms with Crippen LogP contribution in [0.15, 0.2) is 47.4 Å². The number of benzene rings is 1. The zero-order valence-electron chi connectivity index (χ0n) is 13.1. The van der Waals surface area contributed by atoms with Crippen molar-refractivity contribution >= 4 is 28.3 Å². The molecule has 2 atom stereocenters. The van der Waals surface area contributed by atoms with Crippen molar-refractivity contribution < 1.29 is 4.79 Å². The van der Waals surface area contributed by atoms with Crippen molar-refractivity contribution in [1.82, 2.24) is 14.5 Å². The summed E-state index contributed by atoms with van der Waals surface area (Å²) in [5.74, 6) is 0.182. The van der Waals surface area contributed by atoms with E-state index < -0.39 is 0 Å². The fourth-order valence-electron chi connectivity index (χ4n) is 3.49. The van der Waals surface area contributed by atoms with Crippen LogP contribution >= 0.6 is 11.3 Å². The lowest BCUT2D eigenvalue weighted by Crippen LogP contribution is -2.35. The lowest BCUT2D eigenvalue weighted by Gasteiger charge is -2.28. The van der Waals surface area contributed by atoms with E-state index in [0.29, 0.717) is 0 Å². The third-order valence-corrected chi connectivity index (χ3v) is 5.42. The zero-order chi connectivity index (χ0) is 15.8. The van der Waals surface area contributed by atoms with Crippen molar-refractivity contribution in [2.75, 3.05) is 6.54 Å². The molecule has 3 aromatic rings. The van der Waals surface area contributed by atoms with Crippen LogP contribution in [0.1, 0.15) is 37.4 Å². The van der Waals surface area contributed by atoms with E-state index in [1.165, 1.54) is 5.56 Å². The summed E-state index contributed by atoms with van der Waals surface area (Å²) in [4.78, 5) is 19.5. The first-order valence-corrected chi connectivity index (χ1v) is 8.94. The number of amides is 1. The van der Waals surface area contributed by atoms with Crippen molar-refractivity contribution in [3.8, 4) is 0 Å². The van der Waals surface area contributed by atoms with Gasteiger partial charge in [-0.05, 0) is 54.3 Å². The molecule has 1 aromatic carbocycles. The molecule has 4 nitrogen and oxygen atoms in total. The van der Waals surface area contributed by atoms with E-state index in [0.717, 1.165) is 30.4 Å². The van der Waals surface area contributed by atoms with Crippen LogP contribution in [0.25, 0.3) is 11.0 Å². The zero-order valence-corrected chi connectivity index (χ0v) is 13.9. The Labute approximate surface area is 139 Å². The summed E-state index contributed by atoms with van der Waals surface area (Å²) in [6.07, 6.45) is 3.91. The number of hydrogen-bond donors (Lipinski definition) is 0. The first-order valence-electron chi connectivity index (χ1n) is 8.00. The molecule has 3 heterocycles. The van der Waals surface area contributed by atoms with Crippen molar-refractivity contribution in [3.05, 3.63) is 53.0 Å². The second-order valence-corrected chi connectivity index (χ2v) is 6.84. The molecule has 0 aliphatic carbocycles. The molecule has 0 spiro atoms. The highest BCUT2D eigenvalue weighted by molar-refractivity contribution is 7.08. The standard InChI is InChI=1S/C18H19N3OS/c1-13(21-12-19-15-5-2-3-6-17(15)21)18(22)20-9-4-7-16(20)14-8-10-23-11-14/h2-3,5-6,8,10-13,16H,4,7,9H2,1H3/t13-,16+/m1/s1. The third kappa shape index (κ3) is 2.45. The predicted octanol–water partition coefficient (Wildman–Crippen LogP) is 4.02. The van der Waals surface area contributed by atoms with Crippen molar-refractivity contribution in [1.29, 1.82) is 0 Å². The van der Waals surface area contributed by atoms with Crippen LogP contribution in [0, 0.1) is 0 Å². The molecule has 0 N–H and O–H groups in total. The van der Waals surface area contributed by atoms with Gasteiger partial charge in [-0.2, -0.15) is 11.3 Å². The number of carbonyl (C=O) groups excluding carboxylic acids is 1. The van der Waals surface area contributed by atoms with E-state index in [9.17, 15) is 4.79 Å². The number of likely N-dealkylation sites (tertiary alicyclic amines) is 1. The summed E-state index contributed by atoms with van der Waals surface area (Å²) < 4.78 is 1.99. The molecule has 1 aliphatic rings. The van der Waals surface area contributed by atoms with Gasteiger partial charge < -0.3 is 9.47 Å². The van der Waals surface area contributed by atoms with Crippen LogP contribution in [0.5, 0.6) is 0 Å². The van der Waals surface area contributed by atoms with Crippen LogP contribution in [-0.2, 0) is 4.79 Å². The second kappa shape index (κ2) is 5.81. The number of nitrogens with zero attached hydrogens (tertiary/aromatic N) is 3. The molecule has 4 rings (SSSR count). The highest BCUT2D eigenvalue weighted by Crippen LogP contribution is 2.35. The van der Waals surface area contributed by atoms with Crippen molar-refractivity contribution in [2.24, 2.45) is 0 Å². The van der Waals surface area contributed by atoms with Gasteiger partial charge in [0, 0.05) is 6.54 Å². The van der Waals surface area contributed by atoms with Gasteiger partial charge in [-0.3, -0.25) is 4.79 Å². The third-order valence-electron chi connectivity index (χ3n) is 4.72. The van der Waals surface area contributed by atoms with Gasteiger partial charge >= 0.3 is 0 Å². The highest BCUT2D eigenvalue weighted by atomic mass is 32.1. The van der Waals surface area contributed by atoms with Gasteiger partial charge in [-0.1, -0.05) is 12.1 Å². The second-order valence-electron chi connectivity index (χ2n) is 6.06. The summed E-state index contributed by atoms with van der Waals surface area (Å²) in [7, 11) is 0. The van der Waals surface area contributed by atoms with E-state index in [-0.39, 0.29) is 18.0 Å². The molecule has 118 valence electrons. The van der Waals surface area contributed by atoms with E-state index in [4.69, 9.17) is 0 Å². The molecule has 23 heavy (non-hydrogen) atoms. The van der Waals surface area contributed by atoms with Crippen LogP contribution < -0.4 is 0 Å². The van der Waals surface area contributed by atoms with E-state index in [1.807, 2.05) is 40.7 Å². The molecule has 1 amide bonds. The van der Waals surface area contributed by atoms with Gasteiger partial charge in [0.05, 0.1) is 23.4 Å². The van der Waals surface area contributed by atoms with Crippen LogP contribution in [0.3, 0.4) is 0 Å². The molecule has 5 heteroatoms. The van der Waals surface area contributed by atoms with Crippen molar-refractivity contribution in [2.45, 2.75) is 31.8 Å². The largest absolute Gasteiger partial charge is 0.334 e. The summed E-state index contributed by atoms with van der Waals surface area (Å²) in [5, 5.41) is 4.25. The van der Waals surface area contributed by atoms with Gasteiger partial charge in [-0.25, -0.2) is 4.98 Å². The summed E-state index contributed by atoms with van der Waals surface area (Å²) in [5.41, 5.74) is 3.21. The highest BCUT2D eigenvalue weighted by Gasteiger charge is 2.33. The topological polar surface area (TPSA) is 38.1 Å². The molecular weight excluding hydrogens is 306 g/mol. The molecule has 2 aromatic heterocycles. The van der Waals surface area contributed by atoms with Crippen LogP contribution in [0.4, 0.5) is 0 Å². The Morgan fingerprint density at radius 2 is 2.22 bits per heavy atom. The predicted molar refractivity (Wildman–Crippen MR) is 92.5 cm³/mol. The molecule has 0 radical (unpaired) electrons. The minimum absolute atomic E-state index is 0.182. The lowest BCUT2D eigenvalue weighted by atomic mass is 10.1. The Kier molecular flexibility index (Phi) is 3.65. The smallest absolute Gasteiger partial charge is 0.245 e. The number of rotatable bonds is 3. The van der Waals surface area contributed by atoms with Gasteiger partial charge in [0.2, 0.25) is 5.91 Å². The number of para-hydroxylation sites is 2. The SMILES string of the molecule is C[C@H](C(=O)N1CCC[C@H]1c1ccsc1)n1cnc2ccccc21. The van der Waals surface area contributed by atoms with Crippen LogP contribution in [0.2, 0.25) is 0 Å². The lowest BCUT2D eigenvalue weighted by molar-refractivity contribution is -0.135. The number of imidazole rings is 1. The average molecular weight is 325 g/mol. The Bertz CT molecular complexity index is 824.